The van der Waals surface area contributed by atoms with Gasteiger partial charge in [-0.15, -0.1) is 0 Å². The summed E-state index contributed by atoms with van der Waals surface area (Å²) in [5.41, 5.74) is 0.717. The predicted octanol–water partition coefficient (Wildman–Crippen LogP) is 2.20. The molecule has 0 aromatic carbocycles. The average Bonchev–Trinajstić information content (AvgIpc) is 2.57. The Morgan fingerprint density at radius 1 is 1.50 bits per heavy atom. The van der Waals surface area contributed by atoms with Crippen LogP contribution in [0.4, 0.5) is 0 Å². The van der Waals surface area contributed by atoms with E-state index in [-0.39, 0.29) is 11.9 Å². The molecule has 0 radical (unpaired) electrons. The molecule has 1 unspecified atom stereocenters. The molecule has 1 aromatic heterocycles. The lowest BCUT2D eigenvalue weighted by molar-refractivity contribution is 0.0669. The van der Waals surface area contributed by atoms with Crippen LogP contribution in [-0.4, -0.2) is 53.5 Å². The normalized spacial score (nSPS) is 12.8. The van der Waals surface area contributed by atoms with Crippen LogP contribution in [0.3, 0.4) is 0 Å². The van der Waals surface area contributed by atoms with Crippen LogP contribution in [0.5, 0.6) is 0 Å². The van der Waals surface area contributed by atoms with Gasteiger partial charge in [0.25, 0.3) is 5.91 Å². The van der Waals surface area contributed by atoms with Crippen LogP contribution in [0.25, 0.3) is 0 Å². The minimum absolute atomic E-state index is 0.0834. The van der Waals surface area contributed by atoms with Crippen molar-refractivity contribution in [1.29, 1.82) is 0 Å². The number of aromatic nitrogens is 1. The topological polar surface area (TPSA) is 28.5 Å². The zero-order valence-corrected chi connectivity index (χ0v) is 13.4. The first kappa shape index (κ1) is 15.2. The third kappa shape index (κ3) is 3.59. The Kier molecular flexibility index (Phi) is 5.41. The van der Waals surface area contributed by atoms with Crippen LogP contribution < -0.4 is 0 Å². The summed E-state index contributed by atoms with van der Waals surface area (Å²) in [4.78, 5) is 16.5. The second-order valence-corrected chi connectivity index (χ2v) is 5.77. The van der Waals surface area contributed by atoms with Gasteiger partial charge in [0.15, 0.2) is 0 Å². The molecule has 0 saturated heterocycles. The Morgan fingerprint density at radius 3 is 2.50 bits per heavy atom. The quantitative estimate of drug-likeness (QED) is 0.833. The van der Waals surface area contributed by atoms with Gasteiger partial charge in [-0.05, 0) is 49.9 Å². The first-order valence-corrected chi connectivity index (χ1v) is 6.93. The highest BCUT2D eigenvalue weighted by atomic mass is 79.9. The molecule has 0 bridgehead atoms. The molecule has 1 aromatic rings. The summed E-state index contributed by atoms with van der Waals surface area (Å²) >= 11 is 3.40. The second kappa shape index (κ2) is 6.38. The second-order valence-electron chi connectivity index (χ2n) is 4.86. The molecule has 18 heavy (non-hydrogen) atoms. The summed E-state index contributed by atoms with van der Waals surface area (Å²) in [6.45, 7) is 5.68. The molecule has 4 nitrogen and oxygen atoms in total. The van der Waals surface area contributed by atoms with Crippen molar-refractivity contribution >= 4 is 21.8 Å². The molecule has 0 aliphatic heterocycles. The van der Waals surface area contributed by atoms with Gasteiger partial charge in [0.05, 0.1) is 0 Å². The van der Waals surface area contributed by atoms with E-state index in [1.165, 1.54) is 0 Å². The molecule has 1 rings (SSSR count). The van der Waals surface area contributed by atoms with Crippen molar-refractivity contribution in [2.45, 2.75) is 19.9 Å². The Hall–Kier alpha value is -0.810. The van der Waals surface area contributed by atoms with E-state index in [0.717, 1.165) is 17.6 Å². The number of likely N-dealkylation sites (N-methyl/N-ethyl adjacent to an activating group) is 2. The Balaban J connectivity index is 2.88. The van der Waals surface area contributed by atoms with Gasteiger partial charge in [-0.1, -0.05) is 0 Å². The molecule has 0 aliphatic carbocycles. The molecule has 0 N–H and O–H groups in total. The van der Waals surface area contributed by atoms with Crippen molar-refractivity contribution in [1.82, 2.24) is 14.4 Å². The number of halogens is 1. The predicted molar refractivity (Wildman–Crippen MR) is 77.8 cm³/mol. The summed E-state index contributed by atoms with van der Waals surface area (Å²) in [5, 5.41) is 0. The van der Waals surface area contributed by atoms with Gasteiger partial charge in [-0.3, -0.25) is 4.79 Å². The number of hydrogen-bond acceptors (Lipinski definition) is 2. The molecule has 1 heterocycles. The highest BCUT2D eigenvalue weighted by molar-refractivity contribution is 9.10. The van der Waals surface area contributed by atoms with Crippen LogP contribution in [-0.2, 0) is 7.05 Å². The summed E-state index contributed by atoms with van der Waals surface area (Å²) in [6, 6.07) is 2.07. The fraction of sp³-hybridized carbons (Fsp3) is 0.615. The molecular formula is C13H22BrN3O. The Bertz CT molecular complexity index is 414. The van der Waals surface area contributed by atoms with Crippen molar-refractivity contribution in [2.24, 2.45) is 7.05 Å². The Morgan fingerprint density at radius 2 is 2.11 bits per heavy atom. The highest BCUT2D eigenvalue weighted by Crippen LogP contribution is 2.16. The van der Waals surface area contributed by atoms with Gasteiger partial charge < -0.3 is 14.4 Å². The van der Waals surface area contributed by atoms with Crippen molar-refractivity contribution in [2.75, 3.05) is 27.2 Å². The number of amides is 1. The summed E-state index contributed by atoms with van der Waals surface area (Å²) in [5.74, 6) is 0.0834. The van der Waals surface area contributed by atoms with Crippen molar-refractivity contribution < 1.29 is 4.79 Å². The van der Waals surface area contributed by atoms with E-state index >= 15 is 0 Å². The van der Waals surface area contributed by atoms with Crippen LogP contribution in [0.1, 0.15) is 24.3 Å². The third-order valence-corrected chi connectivity index (χ3v) is 3.39. The number of rotatable bonds is 5. The molecule has 0 fully saturated rings. The van der Waals surface area contributed by atoms with E-state index in [4.69, 9.17) is 0 Å². The minimum Gasteiger partial charge on any atom is -0.345 e. The van der Waals surface area contributed by atoms with Crippen molar-refractivity contribution in [3.8, 4) is 0 Å². The van der Waals surface area contributed by atoms with Crippen LogP contribution >= 0.6 is 15.9 Å². The van der Waals surface area contributed by atoms with E-state index in [1.807, 2.05) is 49.8 Å². The lowest BCUT2D eigenvalue weighted by atomic mass is 10.2. The van der Waals surface area contributed by atoms with Crippen LogP contribution in [0, 0.1) is 0 Å². The van der Waals surface area contributed by atoms with Gasteiger partial charge in [-0.25, -0.2) is 0 Å². The van der Waals surface area contributed by atoms with Crippen molar-refractivity contribution in [3.05, 3.63) is 22.4 Å². The molecule has 5 heteroatoms. The molecular weight excluding hydrogens is 294 g/mol. The smallest absolute Gasteiger partial charge is 0.270 e. The lowest BCUT2D eigenvalue weighted by Crippen LogP contribution is -2.44. The molecule has 0 aliphatic rings. The summed E-state index contributed by atoms with van der Waals surface area (Å²) < 4.78 is 2.79. The average molecular weight is 316 g/mol. The lowest BCUT2D eigenvalue weighted by Gasteiger charge is -2.30. The van der Waals surface area contributed by atoms with Gasteiger partial charge in [0.1, 0.15) is 5.69 Å². The van der Waals surface area contributed by atoms with Gasteiger partial charge in [0, 0.05) is 36.8 Å². The van der Waals surface area contributed by atoms with Gasteiger partial charge in [-0.2, -0.15) is 0 Å². The van der Waals surface area contributed by atoms with E-state index in [1.54, 1.807) is 0 Å². The number of hydrogen-bond donors (Lipinski definition) is 0. The molecule has 0 spiro atoms. The van der Waals surface area contributed by atoms with Crippen LogP contribution in [0.2, 0.25) is 0 Å². The fourth-order valence-corrected chi connectivity index (χ4v) is 2.69. The number of nitrogens with zero attached hydrogens (tertiary/aromatic N) is 3. The Labute approximate surface area is 118 Å². The maximum Gasteiger partial charge on any atom is 0.270 e. The fourth-order valence-electron chi connectivity index (χ4n) is 2.17. The largest absolute Gasteiger partial charge is 0.345 e. The zero-order valence-electron chi connectivity index (χ0n) is 11.8. The van der Waals surface area contributed by atoms with E-state index in [0.29, 0.717) is 5.69 Å². The van der Waals surface area contributed by atoms with E-state index < -0.39 is 0 Å². The zero-order chi connectivity index (χ0) is 13.9. The first-order valence-electron chi connectivity index (χ1n) is 6.14. The molecule has 1 atom stereocenters. The van der Waals surface area contributed by atoms with Crippen molar-refractivity contribution in [3.63, 3.8) is 0 Å². The van der Waals surface area contributed by atoms with Gasteiger partial charge in [0.2, 0.25) is 0 Å². The minimum atomic E-state index is 0.0834. The number of aryl methyl sites for hydroxylation is 1. The molecule has 102 valence electrons. The van der Waals surface area contributed by atoms with Gasteiger partial charge >= 0.3 is 0 Å². The van der Waals surface area contributed by atoms with Crippen LogP contribution in [0.15, 0.2) is 16.7 Å². The highest BCUT2D eigenvalue weighted by Gasteiger charge is 2.22. The standard InChI is InChI=1S/C13H22BrN3O/c1-6-17(10(2)8-15(3)4)13(18)12-7-11(14)9-16(12)5/h7,9-10H,6,8H2,1-5H3. The molecule has 1 amide bonds. The maximum absolute atomic E-state index is 12.5. The first-order chi connectivity index (χ1) is 8.36. The monoisotopic (exact) mass is 315 g/mol. The van der Waals surface area contributed by atoms with E-state index in [2.05, 4.69) is 27.8 Å². The van der Waals surface area contributed by atoms with E-state index in [9.17, 15) is 4.79 Å². The SMILES string of the molecule is CCN(C(=O)c1cc(Br)cn1C)C(C)CN(C)C. The number of carbonyl (C=O) groups excluding carboxylic acids is 1. The summed E-state index contributed by atoms with van der Waals surface area (Å²) in [6.07, 6.45) is 1.90. The third-order valence-electron chi connectivity index (χ3n) is 2.95. The maximum atomic E-state index is 12.5. The molecule has 0 saturated carbocycles. The number of carbonyl (C=O) groups is 1. The summed E-state index contributed by atoms with van der Waals surface area (Å²) in [7, 11) is 5.93.